The molecule has 4 atom stereocenters. The molecule has 0 saturated carbocycles. The van der Waals surface area contributed by atoms with E-state index in [4.69, 9.17) is 27.1 Å². The van der Waals surface area contributed by atoms with Gasteiger partial charge in [-0.25, -0.2) is 4.99 Å². The van der Waals surface area contributed by atoms with Gasteiger partial charge in [0, 0.05) is 18.0 Å². The number of hydrogen-bond donors (Lipinski definition) is 4. The smallest absolute Gasteiger partial charge is 0.248 e. The lowest BCUT2D eigenvalue weighted by molar-refractivity contribution is -0.143. The van der Waals surface area contributed by atoms with Crippen LogP contribution in [0.3, 0.4) is 0 Å². The first-order valence-electron chi connectivity index (χ1n) is 11.1. The van der Waals surface area contributed by atoms with E-state index in [0.29, 0.717) is 30.3 Å². The van der Waals surface area contributed by atoms with Gasteiger partial charge in [-0.3, -0.25) is 9.59 Å². The minimum absolute atomic E-state index is 0.181. The fourth-order valence-electron chi connectivity index (χ4n) is 4.20. The molecule has 3 rings (SSSR count). The Labute approximate surface area is 198 Å². The van der Waals surface area contributed by atoms with Crippen LogP contribution in [-0.4, -0.2) is 81.8 Å². The molecule has 5 N–H and O–H groups in total. The van der Waals surface area contributed by atoms with Crippen LogP contribution in [0.1, 0.15) is 39.2 Å². The van der Waals surface area contributed by atoms with Crippen molar-refractivity contribution < 1.29 is 24.5 Å². The average Bonchev–Trinajstić information content (AvgIpc) is 3.38. The molecule has 1 fully saturated rings. The van der Waals surface area contributed by atoms with Gasteiger partial charge >= 0.3 is 0 Å². The summed E-state index contributed by atoms with van der Waals surface area (Å²) in [5.41, 5.74) is 4.19. The SMILES string of the molecule is CC(N)C(=O)NC(C(=O)N1CCCC1C1=N[C@](CO)(Cc2cccc(Cl)c2)CO1)C(C)(C)O. The van der Waals surface area contributed by atoms with Crippen molar-refractivity contribution in [2.45, 2.75) is 69.3 Å². The van der Waals surface area contributed by atoms with Crippen molar-refractivity contribution in [2.75, 3.05) is 19.8 Å². The van der Waals surface area contributed by atoms with E-state index >= 15 is 0 Å². The zero-order valence-electron chi connectivity index (χ0n) is 19.3. The Bertz CT molecular complexity index is 916. The van der Waals surface area contributed by atoms with E-state index in [2.05, 4.69) is 5.32 Å². The predicted molar refractivity (Wildman–Crippen MR) is 125 cm³/mol. The quantitative estimate of drug-likeness (QED) is 0.430. The van der Waals surface area contributed by atoms with Crippen LogP contribution in [0.2, 0.25) is 5.02 Å². The Morgan fingerprint density at radius 2 is 2.18 bits per heavy atom. The second kappa shape index (κ2) is 9.97. The Kier molecular flexibility index (Phi) is 7.68. The van der Waals surface area contributed by atoms with Gasteiger partial charge in [-0.15, -0.1) is 0 Å². The molecule has 0 aromatic heterocycles. The molecule has 0 bridgehead atoms. The van der Waals surface area contributed by atoms with Gasteiger partial charge in [0.15, 0.2) is 0 Å². The molecule has 182 valence electrons. The lowest BCUT2D eigenvalue weighted by Gasteiger charge is -2.34. The molecule has 2 aliphatic heterocycles. The van der Waals surface area contributed by atoms with Crippen LogP contribution in [0.15, 0.2) is 29.3 Å². The molecule has 2 amide bonds. The van der Waals surface area contributed by atoms with E-state index in [9.17, 15) is 19.8 Å². The van der Waals surface area contributed by atoms with Crippen molar-refractivity contribution >= 4 is 29.3 Å². The number of nitrogens with zero attached hydrogens (tertiary/aromatic N) is 2. The zero-order chi connectivity index (χ0) is 24.4. The fourth-order valence-corrected chi connectivity index (χ4v) is 4.41. The topological polar surface area (TPSA) is 137 Å². The number of nitrogens with one attached hydrogen (secondary N) is 1. The van der Waals surface area contributed by atoms with Crippen LogP contribution >= 0.6 is 11.6 Å². The van der Waals surface area contributed by atoms with Crippen molar-refractivity contribution in [3.8, 4) is 0 Å². The van der Waals surface area contributed by atoms with E-state index < -0.39 is 41.1 Å². The molecule has 10 heteroatoms. The Balaban J connectivity index is 1.82. The van der Waals surface area contributed by atoms with E-state index in [1.807, 2.05) is 18.2 Å². The van der Waals surface area contributed by atoms with E-state index in [1.165, 1.54) is 20.8 Å². The number of hydrogen-bond acceptors (Lipinski definition) is 7. The first-order chi connectivity index (χ1) is 15.5. The zero-order valence-corrected chi connectivity index (χ0v) is 20.0. The number of carbonyl (C=O) groups is 2. The molecular formula is C23H33ClN4O5. The number of nitrogens with two attached hydrogens (primary N) is 1. The van der Waals surface area contributed by atoms with Gasteiger partial charge in [0.25, 0.3) is 0 Å². The van der Waals surface area contributed by atoms with Crippen LogP contribution in [0, 0.1) is 0 Å². The molecule has 3 unspecified atom stereocenters. The molecule has 33 heavy (non-hydrogen) atoms. The second-order valence-corrected chi connectivity index (χ2v) is 9.94. The van der Waals surface area contributed by atoms with Gasteiger partial charge in [0.05, 0.1) is 18.2 Å². The van der Waals surface area contributed by atoms with Gasteiger partial charge in [-0.2, -0.15) is 0 Å². The number of amides is 2. The highest BCUT2D eigenvalue weighted by molar-refractivity contribution is 6.30. The molecule has 0 aliphatic carbocycles. The summed E-state index contributed by atoms with van der Waals surface area (Å²) in [6.07, 6.45) is 1.78. The Hall–Kier alpha value is -2.20. The summed E-state index contributed by atoms with van der Waals surface area (Å²) in [5, 5.41) is 23.9. The first kappa shape index (κ1) is 25.4. The summed E-state index contributed by atoms with van der Waals surface area (Å²) in [7, 11) is 0. The number of ether oxygens (including phenoxy) is 1. The van der Waals surface area contributed by atoms with E-state index in [1.54, 1.807) is 11.0 Å². The Morgan fingerprint density at radius 3 is 2.79 bits per heavy atom. The number of aliphatic hydroxyl groups excluding tert-OH is 1. The number of aliphatic hydroxyl groups is 2. The summed E-state index contributed by atoms with van der Waals surface area (Å²) in [4.78, 5) is 31.9. The molecule has 1 aromatic carbocycles. The number of halogens is 1. The monoisotopic (exact) mass is 480 g/mol. The minimum atomic E-state index is -1.51. The molecule has 9 nitrogen and oxygen atoms in total. The molecular weight excluding hydrogens is 448 g/mol. The maximum atomic E-state index is 13.4. The highest BCUT2D eigenvalue weighted by Gasteiger charge is 2.46. The van der Waals surface area contributed by atoms with Gasteiger partial charge in [-0.05, 0) is 51.3 Å². The lowest BCUT2D eigenvalue weighted by Crippen LogP contribution is -2.61. The summed E-state index contributed by atoms with van der Waals surface area (Å²) >= 11 is 6.10. The van der Waals surface area contributed by atoms with Crippen LogP contribution in [-0.2, 0) is 20.7 Å². The molecule has 0 spiro atoms. The van der Waals surface area contributed by atoms with Gasteiger partial charge in [0.2, 0.25) is 17.7 Å². The number of carbonyl (C=O) groups excluding carboxylic acids is 2. The average molecular weight is 481 g/mol. The van der Waals surface area contributed by atoms with Crippen molar-refractivity contribution in [1.29, 1.82) is 0 Å². The third kappa shape index (κ3) is 5.84. The third-order valence-electron chi connectivity index (χ3n) is 6.03. The number of aliphatic imine (C=N–C) groups is 1. The van der Waals surface area contributed by atoms with Crippen molar-refractivity contribution in [3.05, 3.63) is 34.9 Å². The number of likely N-dealkylation sites (tertiary alicyclic amines) is 1. The van der Waals surface area contributed by atoms with Gasteiger partial charge < -0.3 is 30.9 Å². The second-order valence-electron chi connectivity index (χ2n) is 9.50. The lowest BCUT2D eigenvalue weighted by atomic mass is 9.93. The largest absolute Gasteiger partial charge is 0.477 e. The predicted octanol–water partition coefficient (Wildman–Crippen LogP) is 0.636. The van der Waals surface area contributed by atoms with Crippen LogP contribution in [0.5, 0.6) is 0 Å². The molecule has 1 aromatic rings. The maximum absolute atomic E-state index is 13.4. The van der Waals surface area contributed by atoms with Crippen molar-refractivity contribution in [1.82, 2.24) is 10.2 Å². The standard InChI is InChI=1S/C23H33ClN4O5/c1-14(25)19(30)26-18(22(2,3)32)21(31)28-9-5-8-17(28)20-27-23(12-29,13-33-20)11-15-6-4-7-16(24)10-15/h4,6-7,10,14,17-18,29,32H,5,8-9,11-13,25H2,1-3H3,(H,26,30)/t14?,17?,18?,23-/m0/s1. The Morgan fingerprint density at radius 1 is 1.45 bits per heavy atom. The summed E-state index contributed by atoms with van der Waals surface area (Å²) in [6, 6.07) is 4.92. The number of benzene rings is 1. The summed E-state index contributed by atoms with van der Waals surface area (Å²) in [6.45, 7) is 4.84. The van der Waals surface area contributed by atoms with E-state index in [-0.39, 0.29) is 13.2 Å². The van der Waals surface area contributed by atoms with Crippen LogP contribution in [0.25, 0.3) is 0 Å². The highest BCUT2D eigenvalue weighted by Crippen LogP contribution is 2.30. The fraction of sp³-hybridized carbons (Fsp3) is 0.609. The van der Waals surface area contributed by atoms with E-state index in [0.717, 1.165) is 12.0 Å². The molecule has 2 heterocycles. The number of rotatable bonds is 8. The van der Waals surface area contributed by atoms with Gasteiger partial charge in [0.1, 0.15) is 24.2 Å². The normalized spacial score (nSPS) is 24.8. The minimum Gasteiger partial charge on any atom is -0.477 e. The highest BCUT2D eigenvalue weighted by atomic mass is 35.5. The summed E-state index contributed by atoms with van der Waals surface area (Å²) in [5.74, 6) is -0.576. The van der Waals surface area contributed by atoms with Crippen LogP contribution < -0.4 is 11.1 Å². The molecule has 0 radical (unpaired) electrons. The van der Waals surface area contributed by atoms with Crippen LogP contribution in [0.4, 0.5) is 0 Å². The first-order valence-corrected chi connectivity index (χ1v) is 11.5. The molecule has 2 aliphatic rings. The van der Waals surface area contributed by atoms with Crippen molar-refractivity contribution in [2.24, 2.45) is 10.7 Å². The van der Waals surface area contributed by atoms with Gasteiger partial charge in [-0.1, -0.05) is 23.7 Å². The molecule has 1 saturated heterocycles. The van der Waals surface area contributed by atoms with Crippen molar-refractivity contribution in [3.63, 3.8) is 0 Å². The third-order valence-corrected chi connectivity index (χ3v) is 6.26. The maximum Gasteiger partial charge on any atom is 0.248 e. The summed E-state index contributed by atoms with van der Waals surface area (Å²) < 4.78 is 5.90.